The minimum absolute atomic E-state index is 0.0269. The van der Waals surface area contributed by atoms with E-state index in [1.54, 1.807) is 12.1 Å². The van der Waals surface area contributed by atoms with Crippen LogP contribution in [0.5, 0.6) is 5.75 Å². The molecule has 3 rings (SSSR count). The lowest BCUT2D eigenvalue weighted by Crippen LogP contribution is -2.57. The maximum Gasteiger partial charge on any atom is 0.235 e. The molecule has 1 unspecified atom stereocenters. The lowest BCUT2D eigenvalue weighted by molar-refractivity contribution is -0.0511. The first-order chi connectivity index (χ1) is 13.8. The first-order valence-corrected chi connectivity index (χ1v) is 9.65. The molecule has 1 aromatic heterocycles. The standard InChI is InChI=1S/C21H26FN5O2/c1-13(22)29-16-7-5-4-6-14(16)8-9-24-20-25-12-15(11-23)19(27-20)26-17-10-18(28)21(17,2)3/h4-7,12-13,17-18,28H,8-10H2,1-3H3,(H2,24,25,26,27)/t13?,17-,18+/m1/s1. The van der Waals surface area contributed by atoms with Gasteiger partial charge in [0.15, 0.2) is 0 Å². The monoisotopic (exact) mass is 399 g/mol. The molecule has 29 heavy (non-hydrogen) atoms. The first kappa shape index (κ1) is 20.8. The zero-order valence-corrected chi connectivity index (χ0v) is 16.8. The van der Waals surface area contributed by atoms with Crippen LogP contribution in [0.2, 0.25) is 0 Å². The van der Waals surface area contributed by atoms with Crippen molar-refractivity contribution in [2.24, 2.45) is 5.41 Å². The summed E-state index contributed by atoms with van der Waals surface area (Å²) in [5.74, 6) is 1.35. The number of rotatable bonds is 8. The molecule has 1 heterocycles. The van der Waals surface area contributed by atoms with Crippen molar-refractivity contribution in [1.82, 2.24) is 9.97 Å². The highest BCUT2D eigenvalue weighted by Gasteiger charge is 2.47. The van der Waals surface area contributed by atoms with Gasteiger partial charge in [-0.2, -0.15) is 10.2 Å². The molecule has 2 aromatic rings. The van der Waals surface area contributed by atoms with Gasteiger partial charge in [-0.1, -0.05) is 32.0 Å². The van der Waals surface area contributed by atoms with Gasteiger partial charge in [0.05, 0.1) is 12.3 Å². The van der Waals surface area contributed by atoms with E-state index >= 15 is 0 Å². The van der Waals surface area contributed by atoms with Gasteiger partial charge in [-0.25, -0.2) is 9.37 Å². The SMILES string of the molecule is CC(F)Oc1ccccc1CCNc1ncc(C#N)c(N[C@@H]2C[C@H](O)C2(C)C)n1. The highest BCUT2D eigenvalue weighted by atomic mass is 19.1. The number of aliphatic hydroxyl groups excluding tert-OH is 1. The number of para-hydroxylation sites is 1. The summed E-state index contributed by atoms with van der Waals surface area (Å²) in [4.78, 5) is 8.62. The highest BCUT2D eigenvalue weighted by Crippen LogP contribution is 2.42. The Hall–Kier alpha value is -2.92. The van der Waals surface area contributed by atoms with Gasteiger partial charge in [-0.05, 0) is 24.5 Å². The van der Waals surface area contributed by atoms with Crippen molar-refractivity contribution in [1.29, 1.82) is 5.26 Å². The largest absolute Gasteiger partial charge is 0.460 e. The van der Waals surface area contributed by atoms with Gasteiger partial charge in [0, 0.05) is 24.9 Å². The van der Waals surface area contributed by atoms with Crippen molar-refractivity contribution in [3.8, 4) is 11.8 Å². The van der Waals surface area contributed by atoms with Crippen LogP contribution in [0.4, 0.5) is 16.2 Å². The number of benzene rings is 1. The summed E-state index contributed by atoms with van der Waals surface area (Å²) in [5, 5.41) is 25.7. The van der Waals surface area contributed by atoms with E-state index in [-0.39, 0.29) is 17.6 Å². The van der Waals surface area contributed by atoms with Crippen molar-refractivity contribution < 1.29 is 14.2 Å². The Kier molecular flexibility index (Phi) is 6.18. The number of aromatic nitrogens is 2. The fourth-order valence-corrected chi connectivity index (χ4v) is 3.28. The third-order valence-electron chi connectivity index (χ3n) is 5.38. The smallest absolute Gasteiger partial charge is 0.235 e. The van der Waals surface area contributed by atoms with E-state index in [0.29, 0.717) is 42.5 Å². The summed E-state index contributed by atoms with van der Waals surface area (Å²) in [7, 11) is 0. The molecule has 3 N–H and O–H groups in total. The minimum Gasteiger partial charge on any atom is -0.460 e. The van der Waals surface area contributed by atoms with Crippen LogP contribution < -0.4 is 15.4 Å². The predicted octanol–water partition coefficient (Wildman–Crippen LogP) is 3.27. The van der Waals surface area contributed by atoms with E-state index in [0.717, 1.165) is 5.56 Å². The number of hydrogen-bond donors (Lipinski definition) is 3. The van der Waals surface area contributed by atoms with Crippen molar-refractivity contribution in [3.05, 3.63) is 41.6 Å². The lowest BCUT2D eigenvalue weighted by Gasteiger charge is -2.49. The molecule has 0 aliphatic heterocycles. The Morgan fingerprint density at radius 2 is 2.17 bits per heavy atom. The van der Waals surface area contributed by atoms with E-state index < -0.39 is 6.36 Å². The lowest BCUT2D eigenvalue weighted by atomic mass is 9.64. The van der Waals surface area contributed by atoms with Crippen LogP contribution in [0.3, 0.4) is 0 Å². The fourth-order valence-electron chi connectivity index (χ4n) is 3.28. The highest BCUT2D eigenvalue weighted by molar-refractivity contribution is 5.54. The number of nitriles is 1. The third-order valence-corrected chi connectivity index (χ3v) is 5.38. The van der Waals surface area contributed by atoms with Gasteiger partial charge in [0.1, 0.15) is 23.2 Å². The molecule has 1 aliphatic rings. The average molecular weight is 399 g/mol. The number of nitrogens with one attached hydrogen (secondary N) is 2. The van der Waals surface area contributed by atoms with Crippen LogP contribution in [0, 0.1) is 16.7 Å². The number of hydrogen-bond acceptors (Lipinski definition) is 7. The molecule has 1 aliphatic carbocycles. The van der Waals surface area contributed by atoms with Crippen LogP contribution in [0.25, 0.3) is 0 Å². The second-order valence-electron chi connectivity index (χ2n) is 7.78. The van der Waals surface area contributed by atoms with Crippen molar-refractivity contribution in [2.75, 3.05) is 17.2 Å². The molecular formula is C21H26FN5O2. The quantitative estimate of drug-likeness (QED) is 0.626. The van der Waals surface area contributed by atoms with Gasteiger partial charge in [-0.3, -0.25) is 0 Å². The molecule has 1 fully saturated rings. The summed E-state index contributed by atoms with van der Waals surface area (Å²) in [6.45, 7) is 5.81. The fraction of sp³-hybridized carbons (Fsp3) is 0.476. The molecule has 0 spiro atoms. The van der Waals surface area contributed by atoms with Crippen molar-refractivity contribution >= 4 is 11.8 Å². The van der Waals surface area contributed by atoms with Gasteiger partial charge in [0.2, 0.25) is 12.3 Å². The molecule has 3 atom stereocenters. The number of anilines is 2. The van der Waals surface area contributed by atoms with Gasteiger partial charge >= 0.3 is 0 Å². The maximum atomic E-state index is 13.2. The first-order valence-electron chi connectivity index (χ1n) is 9.65. The zero-order valence-electron chi connectivity index (χ0n) is 16.8. The van der Waals surface area contributed by atoms with Gasteiger partial charge in [-0.15, -0.1) is 0 Å². The molecule has 154 valence electrons. The number of aliphatic hydroxyl groups is 1. The molecule has 7 nitrogen and oxygen atoms in total. The molecule has 1 saturated carbocycles. The number of ether oxygens (including phenoxy) is 1. The Labute approximate surface area is 170 Å². The van der Waals surface area contributed by atoms with Gasteiger partial charge < -0.3 is 20.5 Å². The molecule has 8 heteroatoms. The van der Waals surface area contributed by atoms with Crippen molar-refractivity contribution in [2.45, 2.75) is 52.1 Å². The Bertz CT molecular complexity index is 897. The molecule has 0 bridgehead atoms. The molecule has 0 radical (unpaired) electrons. The Morgan fingerprint density at radius 1 is 1.41 bits per heavy atom. The minimum atomic E-state index is -1.38. The summed E-state index contributed by atoms with van der Waals surface area (Å²) < 4.78 is 18.4. The molecule has 0 saturated heterocycles. The number of halogens is 1. The average Bonchev–Trinajstić information content (AvgIpc) is 2.69. The normalized spacial score (nSPS) is 20.8. The van der Waals surface area contributed by atoms with Crippen LogP contribution in [0.1, 0.15) is 38.3 Å². The van der Waals surface area contributed by atoms with Crippen LogP contribution in [-0.4, -0.2) is 40.1 Å². The molecule has 0 amide bonds. The summed E-state index contributed by atoms with van der Waals surface area (Å²) >= 11 is 0. The molecular weight excluding hydrogens is 373 g/mol. The van der Waals surface area contributed by atoms with E-state index in [2.05, 4.69) is 26.7 Å². The van der Waals surface area contributed by atoms with Crippen LogP contribution in [-0.2, 0) is 6.42 Å². The van der Waals surface area contributed by atoms with Crippen molar-refractivity contribution in [3.63, 3.8) is 0 Å². The van der Waals surface area contributed by atoms with E-state index in [9.17, 15) is 14.8 Å². The Morgan fingerprint density at radius 3 is 2.83 bits per heavy atom. The summed E-state index contributed by atoms with van der Waals surface area (Å²) in [6.07, 6.45) is 0.917. The van der Waals surface area contributed by atoms with Gasteiger partial charge in [0.25, 0.3) is 0 Å². The number of alkyl halides is 1. The summed E-state index contributed by atoms with van der Waals surface area (Å²) in [5.41, 5.74) is 0.938. The Balaban J connectivity index is 1.64. The second-order valence-corrected chi connectivity index (χ2v) is 7.78. The zero-order chi connectivity index (χ0) is 21.0. The van der Waals surface area contributed by atoms with Crippen LogP contribution >= 0.6 is 0 Å². The van der Waals surface area contributed by atoms with E-state index in [1.165, 1.54) is 13.1 Å². The molecule has 1 aromatic carbocycles. The van der Waals surface area contributed by atoms with E-state index in [1.807, 2.05) is 26.0 Å². The maximum absolute atomic E-state index is 13.2. The predicted molar refractivity (Wildman–Crippen MR) is 108 cm³/mol. The topological polar surface area (TPSA) is 103 Å². The van der Waals surface area contributed by atoms with E-state index in [4.69, 9.17) is 4.74 Å². The summed E-state index contributed by atoms with van der Waals surface area (Å²) in [6, 6.07) is 9.42. The van der Waals surface area contributed by atoms with Crippen LogP contribution in [0.15, 0.2) is 30.5 Å². The number of nitrogens with zero attached hydrogens (tertiary/aromatic N) is 3. The second kappa shape index (κ2) is 8.62. The third kappa shape index (κ3) is 4.74.